The summed E-state index contributed by atoms with van der Waals surface area (Å²) in [5.41, 5.74) is -1.49. The quantitative estimate of drug-likeness (QED) is 0.597. The molecule has 0 aromatic heterocycles. The summed E-state index contributed by atoms with van der Waals surface area (Å²) in [6.45, 7) is 1.41. The molecule has 1 amide bonds. The Kier molecular flexibility index (Phi) is 5.16. The molecule has 1 unspecified atom stereocenters. The summed E-state index contributed by atoms with van der Waals surface area (Å²) < 4.78 is 24.7. The molecule has 1 heterocycles. The van der Waals surface area contributed by atoms with E-state index < -0.39 is 23.4 Å². The maximum atomic E-state index is 13.5. The zero-order chi connectivity index (χ0) is 23.6. The lowest BCUT2D eigenvalue weighted by Crippen LogP contribution is -2.76. The Bertz CT molecular complexity index is 1150. The summed E-state index contributed by atoms with van der Waals surface area (Å²) >= 11 is 11.7. The molecule has 0 saturated heterocycles. The number of carbonyl (C=O) groups is 2. The number of carbonyl (C=O) groups excluding carboxylic acids is 2. The fourth-order valence-corrected chi connectivity index (χ4v) is 5.76. The van der Waals surface area contributed by atoms with Gasteiger partial charge in [0.1, 0.15) is 30.0 Å². The predicted octanol–water partition coefficient (Wildman–Crippen LogP) is 4.39. The number of nitrogens with one attached hydrogen (secondary N) is 1. The number of aliphatic hydroxyl groups is 1. The van der Waals surface area contributed by atoms with Gasteiger partial charge < -0.3 is 19.9 Å². The van der Waals surface area contributed by atoms with Crippen molar-refractivity contribution >= 4 is 34.9 Å². The number of halogens is 3. The van der Waals surface area contributed by atoms with Crippen molar-refractivity contribution in [1.82, 2.24) is 5.32 Å². The van der Waals surface area contributed by atoms with Gasteiger partial charge in [-0.1, -0.05) is 23.2 Å². The fraction of sp³-hybridized carbons (Fsp3) is 0.417. The Labute approximate surface area is 200 Å². The van der Waals surface area contributed by atoms with Gasteiger partial charge in [0.25, 0.3) is 5.91 Å². The fourth-order valence-electron chi connectivity index (χ4n) is 5.46. The molecule has 6 rings (SSSR count). The van der Waals surface area contributed by atoms with Crippen molar-refractivity contribution in [2.45, 2.75) is 49.9 Å². The molecule has 2 aromatic rings. The highest BCUT2D eigenvalue weighted by atomic mass is 35.5. The summed E-state index contributed by atoms with van der Waals surface area (Å²) in [4.78, 5) is 25.4. The van der Waals surface area contributed by atoms with E-state index in [-0.39, 0.29) is 34.1 Å². The van der Waals surface area contributed by atoms with Gasteiger partial charge in [-0.3, -0.25) is 9.59 Å². The molecule has 3 saturated carbocycles. The first-order chi connectivity index (χ1) is 15.5. The number of fused-ring (bicyclic) bond motifs is 1. The normalized spacial score (nSPS) is 31.0. The number of ether oxygens (including phenoxy) is 2. The van der Waals surface area contributed by atoms with Crippen LogP contribution in [0.15, 0.2) is 36.4 Å². The summed E-state index contributed by atoms with van der Waals surface area (Å²) in [5, 5.41) is 14.2. The number of Topliss-reactive ketones (excluding diaryl/α,β-unsaturated/α-hetero) is 1. The van der Waals surface area contributed by atoms with Crippen LogP contribution in [0.2, 0.25) is 10.0 Å². The Hall–Kier alpha value is -2.35. The third-order valence-corrected chi connectivity index (χ3v) is 7.48. The van der Waals surface area contributed by atoms with Crippen LogP contribution in [0.4, 0.5) is 4.39 Å². The first-order valence-corrected chi connectivity index (χ1v) is 11.4. The topological polar surface area (TPSA) is 84.9 Å². The summed E-state index contributed by atoms with van der Waals surface area (Å²) in [7, 11) is 0. The van der Waals surface area contributed by atoms with Crippen LogP contribution in [0, 0.1) is 11.2 Å². The number of ketones is 1. The third-order valence-electron chi connectivity index (χ3n) is 6.94. The lowest BCUT2D eigenvalue weighted by atomic mass is 9.38. The van der Waals surface area contributed by atoms with Gasteiger partial charge >= 0.3 is 0 Å². The van der Waals surface area contributed by atoms with Crippen molar-refractivity contribution in [3.63, 3.8) is 0 Å². The highest BCUT2D eigenvalue weighted by Gasteiger charge is 2.69. The molecule has 2 aromatic carbocycles. The first kappa shape index (κ1) is 22.4. The lowest BCUT2D eigenvalue weighted by molar-refractivity contribution is -0.181. The molecule has 4 aliphatic rings. The molecule has 3 aliphatic carbocycles. The SMILES string of the molecule is C[C@]1(C(=O)NC23CC(CC(=O)COc4ccc(Cl)c(F)c4)(C2)C3)Oc2ccc(Cl)cc2C1O. The number of rotatable bonds is 7. The van der Waals surface area contributed by atoms with Crippen LogP contribution in [-0.2, 0) is 9.59 Å². The number of hydrogen-bond acceptors (Lipinski definition) is 5. The van der Waals surface area contributed by atoms with Crippen LogP contribution < -0.4 is 14.8 Å². The Morgan fingerprint density at radius 3 is 2.64 bits per heavy atom. The maximum absolute atomic E-state index is 13.5. The van der Waals surface area contributed by atoms with Gasteiger partial charge in [-0.15, -0.1) is 0 Å². The molecular weight excluding hydrogens is 472 g/mol. The van der Waals surface area contributed by atoms with E-state index in [9.17, 15) is 19.1 Å². The molecule has 174 valence electrons. The van der Waals surface area contributed by atoms with Gasteiger partial charge in [0.15, 0.2) is 5.78 Å². The summed E-state index contributed by atoms with van der Waals surface area (Å²) in [6, 6.07) is 8.92. The molecule has 0 spiro atoms. The molecule has 3 fully saturated rings. The number of hydrogen-bond donors (Lipinski definition) is 2. The molecule has 2 N–H and O–H groups in total. The van der Waals surface area contributed by atoms with Gasteiger partial charge in [-0.05, 0) is 61.9 Å². The highest BCUT2D eigenvalue weighted by Crippen LogP contribution is 2.69. The zero-order valence-electron chi connectivity index (χ0n) is 17.8. The van der Waals surface area contributed by atoms with E-state index in [1.54, 1.807) is 25.1 Å². The average Bonchev–Trinajstić information content (AvgIpc) is 2.97. The molecular formula is C24H22Cl2FNO5. The molecule has 33 heavy (non-hydrogen) atoms. The van der Waals surface area contributed by atoms with Gasteiger partial charge in [-0.25, -0.2) is 4.39 Å². The van der Waals surface area contributed by atoms with Gasteiger partial charge in [0.2, 0.25) is 5.60 Å². The van der Waals surface area contributed by atoms with Crippen molar-refractivity contribution in [3.8, 4) is 11.5 Å². The van der Waals surface area contributed by atoms with E-state index in [2.05, 4.69) is 5.32 Å². The molecule has 6 nitrogen and oxygen atoms in total. The van der Waals surface area contributed by atoms with Gasteiger partial charge in [-0.2, -0.15) is 0 Å². The second-order valence-electron chi connectivity index (χ2n) is 9.64. The Morgan fingerprint density at radius 2 is 1.94 bits per heavy atom. The average molecular weight is 494 g/mol. The number of amides is 1. The largest absolute Gasteiger partial charge is 0.486 e. The van der Waals surface area contributed by atoms with Crippen LogP contribution in [0.1, 0.15) is 44.3 Å². The van der Waals surface area contributed by atoms with Crippen molar-refractivity contribution in [2.75, 3.05) is 6.61 Å². The van der Waals surface area contributed by atoms with E-state index in [1.165, 1.54) is 12.1 Å². The van der Waals surface area contributed by atoms with Crippen LogP contribution in [0.5, 0.6) is 11.5 Å². The smallest absolute Gasteiger partial charge is 0.267 e. The van der Waals surface area contributed by atoms with Crippen LogP contribution in [0.3, 0.4) is 0 Å². The molecule has 9 heteroatoms. The van der Waals surface area contributed by atoms with Gasteiger partial charge in [0, 0.05) is 28.6 Å². The highest BCUT2D eigenvalue weighted by molar-refractivity contribution is 6.31. The van der Waals surface area contributed by atoms with Crippen molar-refractivity contribution in [3.05, 3.63) is 57.8 Å². The van der Waals surface area contributed by atoms with Gasteiger partial charge in [0.05, 0.1) is 5.02 Å². The minimum atomic E-state index is -1.45. The lowest BCUT2D eigenvalue weighted by Gasteiger charge is -2.71. The second kappa shape index (κ2) is 7.58. The van der Waals surface area contributed by atoms with E-state index in [4.69, 9.17) is 32.7 Å². The molecule has 0 radical (unpaired) electrons. The van der Waals surface area contributed by atoms with Crippen molar-refractivity contribution in [1.29, 1.82) is 0 Å². The second-order valence-corrected chi connectivity index (χ2v) is 10.5. The number of aliphatic hydroxyl groups excluding tert-OH is 1. The zero-order valence-corrected chi connectivity index (χ0v) is 19.3. The maximum Gasteiger partial charge on any atom is 0.267 e. The van der Waals surface area contributed by atoms with Crippen molar-refractivity contribution in [2.24, 2.45) is 5.41 Å². The first-order valence-electron chi connectivity index (χ1n) is 10.6. The Balaban J connectivity index is 1.13. The minimum absolute atomic E-state index is 0.00746. The standard InChI is InChI=1S/C24H22Cl2FNO5/c1-22(20(30)16-6-13(25)2-5-19(16)33-22)21(31)28-24-10-23(11-24,12-24)8-14(29)9-32-15-3-4-17(26)18(27)7-15/h2-7,20,30H,8-12H2,1H3,(H,28,31)/t20?,22-,23?,24?/m0/s1. The Morgan fingerprint density at radius 1 is 1.21 bits per heavy atom. The molecule has 2 atom stereocenters. The molecule has 2 bridgehead atoms. The predicted molar refractivity (Wildman–Crippen MR) is 119 cm³/mol. The minimum Gasteiger partial charge on any atom is -0.486 e. The molecule has 1 aliphatic heterocycles. The van der Waals surface area contributed by atoms with E-state index in [0.717, 1.165) is 6.07 Å². The summed E-state index contributed by atoms with van der Waals surface area (Å²) in [6.07, 6.45) is 1.23. The van der Waals surface area contributed by atoms with E-state index in [0.29, 0.717) is 42.0 Å². The summed E-state index contributed by atoms with van der Waals surface area (Å²) in [5.74, 6) is -0.397. The van der Waals surface area contributed by atoms with Crippen LogP contribution >= 0.6 is 23.2 Å². The monoisotopic (exact) mass is 493 g/mol. The third kappa shape index (κ3) is 3.76. The van der Waals surface area contributed by atoms with Crippen LogP contribution in [-0.4, -0.2) is 34.5 Å². The van der Waals surface area contributed by atoms with Crippen molar-refractivity contribution < 1.29 is 28.6 Å². The number of benzene rings is 2. The van der Waals surface area contributed by atoms with E-state index in [1.807, 2.05) is 0 Å². The van der Waals surface area contributed by atoms with Crippen LogP contribution in [0.25, 0.3) is 0 Å². The van der Waals surface area contributed by atoms with E-state index >= 15 is 0 Å².